The average molecular weight is 685 g/mol. The second-order valence-electron chi connectivity index (χ2n) is 12.2. The first-order valence-electron chi connectivity index (χ1n) is 15.8. The number of thiophene rings is 1. The molecule has 5 rings (SSSR count). The Bertz CT molecular complexity index is 2020. The Morgan fingerprint density at radius 1 is 0.896 bits per heavy atom. The van der Waals surface area contributed by atoms with Gasteiger partial charge in [-0.2, -0.15) is 11.3 Å². The number of fused-ring (bicyclic) bond motifs is 1. The van der Waals surface area contributed by atoms with Gasteiger partial charge < -0.3 is 15.6 Å². The molecule has 0 bridgehead atoms. The van der Waals surface area contributed by atoms with Crippen molar-refractivity contribution in [2.75, 3.05) is 12.8 Å². The molecular formula is C37H40N4O5S2. The summed E-state index contributed by atoms with van der Waals surface area (Å²) in [6, 6.07) is 19.6. The number of nitrogens with one attached hydrogen (secondary N) is 1. The Balaban J connectivity index is 1.59. The first kappa shape index (κ1) is 34.6. The SMILES string of the molecule is CCCS(=O)(=O)N(C(=O)[C@H](Cc1ccc(-c2ccsc2)cc1)N(C)C(=O)c1cc(C)cc(C)c1)[C@@H](Cc1c[nH]c2ccccc12)C(N)=O. The van der Waals surface area contributed by atoms with E-state index in [1.54, 1.807) is 36.6 Å². The zero-order chi connectivity index (χ0) is 34.6. The maximum Gasteiger partial charge on any atom is 0.259 e. The largest absolute Gasteiger partial charge is 0.368 e. The predicted octanol–water partition coefficient (Wildman–Crippen LogP) is 5.86. The Labute approximate surface area is 285 Å². The summed E-state index contributed by atoms with van der Waals surface area (Å²) in [6.45, 7) is 5.44. The fourth-order valence-corrected chi connectivity index (χ4v) is 8.45. The van der Waals surface area contributed by atoms with E-state index in [0.717, 1.165) is 33.2 Å². The van der Waals surface area contributed by atoms with Gasteiger partial charge in [0.2, 0.25) is 15.9 Å². The van der Waals surface area contributed by atoms with Crippen molar-refractivity contribution < 1.29 is 22.8 Å². The highest BCUT2D eigenvalue weighted by atomic mass is 32.2. The fraction of sp³-hybridized carbons (Fsp3) is 0.270. The number of primary amides is 1. The number of benzene rings is 3. The van der Waals surface area contributed by atoms with E-state index in [0.29, 0.717) is 21.0 Å². The molecule has 0 aliphatic carbocycles. The summed E-state index contributed by atoms with van der Waals surface area (Å²) in [5.74, 6) is -2.69. The van der Waals surface area contributed by atoms with Crippen LogP contribution >= 0.6 is 11.3 Å². The molecule has 0 spiro atoms. The van der Waals surface area contributed by atoms with Gasteiger partial charge >= 0.3 is 0 Å². The van der Waals surface area contributed by atoms with Gasteiger partial charge in [-0.05, 0) is 77.5 Å². The number of hydrogen-bond donors (Lipinski definition) is 2. The molecule has 11 heteroatoms. The Morgan fingerprint density at radius 2 is 1.58 bits per heavy atom. The van der Waals surface area contributed by atoms with E-state index in [4.69, 9.17) is 5.73 Å². The molecular weight excluding hydrogens is 645 g/mol. The highest BCUT2D eigenvalue weighted by molar-refractivity contribution is 7.89. The van der Waals surface area contributed by atoms with Gasteiger partial charge in [-0.1, -0.05) is 66.6 Å². The molecule has 0 radical (unpaired) electrons. The molecule has 3 aromatic carbocycles. The number of aryl methyl sites for hydroxylation is 2. The van der Waals surface area contributed by atoms with Crippen LogP contribution in [0.15, 0.2) is 89.8 Å². The molecule has 2 atom stereocenters. The van der Waals surface area contributed by atoms with Crippen LogP contribution in [0.5, 0.6) is 0 Å². The minimum Gasteiger partial charge on any atom is -0.368 e. The van der Waals surface area contributed by atoms with E-state index in [1.165, 1.54) is 11.9 Å². The van der Waals surface area contributed by atoms with Crippen LogP contribution in [0.1, 0.15) is 46.0 Å². The lowest BCUT2D eigenvalue weighted by Crippen LogP contribution is -2.59. The second-order valence-corrected chi connectivity index (χ2v) is 14.9. The van der Waals surface area contributed by atoms with Crippen LogP contribution in [0.4, 0.5) is 0 Å². The van der Waals surface area contributed by atoms with Crippen LogP contribution in [0, 0.1) is 13.8 Å². The van der Waals surface area contributed by atoms with Gasteiger partial charge in [0.05, 0.1) is 5.75 Å². The molecule has 5 aromatic rings. The second kappa shape index (κ2) is 14.6. The topological polar surface area (TPSA) is 134 Å². The monoisotopic (exact) mass is 684 g/mol. The van der Waals surface area contributed by atoms with Crippen LogP contribution in [-0.2, 0) is 32.5 Å². The summed E-state index contributed by atoms with van der Waals surface area (Å²) in [5.41, 5.74) is 12.2. The first-order chi connectivity index (χ1) is 22.9. The molecule has 0 fully saturated rings. The van der Waals surface area contributed by atoms with Crippen molar-refractivity contribution in [3.8, 4) is 11.1 Å². The van der Waals surface area contributed by atoms with E-state index < -0.39 is 39.8 Å². The summed E-state index contributed by atoms with van der Waals surface area (Å²) in [7, 11) is -2.86. The maximum absolute atomic E-state index is 14.8. The molecule has 2 aromatic heterocycles. The van der Waals surface area contributed by atoms with Gasteiger partial charge in [-0.25, -0.2) is 12.7 Å². The molecule has 0 aliphatic heterocycles. The van der Waals surface area contributed by atoms with E-state index in [9.17, 15) is 22.8 Å². The molecule has 0 aliphatic rings. The quantitative estimate of drug-likeness (QED) is 0.160. The predicted molar refractivity (Wildman–Crippen MR) is 191 cm³/mol. The van der Waals surface area contributed by atoms with Crippen LogP contribution in [0.25, 0.3) is 22.0 Å². The van der Waals surface area contributed by atoms with Gasteiger partial charge in [-0.15, -0.1) is 0 Å². The van der Waals surface area contributed by atoms with Gasteiger partial charge in [0.1, 0.15) is 12.1 Å². The number of aromatic nitrogens is 1. The summed E-state index contributed by atoms with van der Waals surface area (Å²) in [4.78, 5) is 46.4. The highest BCUT2D eigenvalue weighted by Crippen LogP contribution is 2.27. The molecule has 9 nitrogen and oxygen atoms in total. The summed E-state index contributed by atoms with van der Waals surface area (Å²) >= 11 is 1.59. The van der Waals surface area contributed by atoms with E-state index in [2.05, 4.69) is 4.98 Å². The standard InChI is InChI=1S/C37H40N4O5S2/c1-5-16-48(45,46)41(33(35(38)42)21-30-22-39-32-9-7-6-8-31(30)32)37(44)34(40(4)36(43)29-18-24(2)17-25(3)19-29)20-26-10-12-27(13-11-26)28-14-15-47-23-28/h6-15,17-19,22-23,33-34,39H,5,16,20-21H2,1-4H3,(H2,38,42)/t33-,34-/m0/s1. The molecule has 2 heterocycles. The number of aromatic amines is 1. The van der Waals surface area contributed by atoms with E-state index in [1.807, 2.05) is 85.3 Å². The van der Waals surface area contributed by atoms with Crippen molar-refractivity contribution >= 4 is 50.0 Å². The zero-order valence-electron chi connectivity index (χ0n) is 27.5. The number of nitrogens with zero attached hydrogens (tertiary/aromatic N) is 2. The van der Waals surface area contributed by atoms with Crippen molar-refractivity contribution in [3.05, 3.63) is 118 Å². The van der Waals surface area contributed by atoms with Crippen LogP contribution in [0.2, 0.25) is 0 Å². The van der Waals surface area contributed by atoms with Crippen molar-refractivity contribution in [1.29, 1.82) is 0 Å². The zero-order valence-corrected chi connectivity index (χ0v) is 29.1. The summed E-state index contributed by atoms with van der Waals surface area (Å²) in [5, 5.41) is 4.81. The number of amides is 3. The van der Waals surface area contributed by atoms with Gasteiger partial charge in [-0.3, -0.25) is 14.4 Å². The number of carbonyl (C=O) groups is 3. The third-order valence-corrected chi connectivity index (χ3v) is 11.1. The van der Waals surface area contributed by atoms with Crippen molar-refractivity contribution in [1.82, 2.24) is 14.2 Å². The maximum atomic E-state index is 14.8. The van der Waals surface area contributed by atoms with Crippen molar-refractivity contribution in [2.45, 2.75) is 52.1 Å². The van der Waals surface area contributed by atoms with Crippen LogP contribution in [-0.4, -0.2) is 65.2 Å². The lowest BCUT2D eigenvalue weighted by atomic mass is 9.99. The summed E-state index contributed by atoms with van der Waals surface area (Å²) in [6.07, 6.45) is 1.77. The molecule has 0 saturated carbocycles. The fourth-order valence-electron chi connectivity index (χ4n) is 6.11. The van der Waals surface area contributed by atoms with Crippen LogP contribution < -0.4 is 5.73 Å². The van der Waals surface area contributed by atoms with Gasteiger partial charge in [0.25, 0.3) is 11.8 Å². The number of likely N-dealkylation sites (N-methyl/N-ethyl adjacent to an activating group) is 1. The molecule has 3 N–H and O–H groups in total. The Kier molecular flexibility index (Phi) is 10.5. The number of rotatable bonds is 13. The normalized spacial score (nSPS) is 12.8. The number of para-hydroxylation sites is 1. The smallest absolute Gasteiger partial charge is 0.259 e. The number of carbonyl (C=O) groups excluding carboxylic acids is 3. The molecule has 250 valence electrons. The number of nitrogens with two attached hydrogens (primary N) is 1. The molecule has 0 unspecified atom stereocenters. The lowest BCUT2D eigenvalue weighted by Gasteiger charge is -2.35. The minimum atomic E-state index is -4.35. The van der Waals surface area contributed by atoms with Gasteiger partial charge in [0, 0.05) is 42.6 Å². The van der Waals surface area contributed by atoms with Crippen molar-refractivity contribution in [3.63, 3.8) is 0 Å². The Morgan fingerprint density at radius 3 is 2.21 bits per heavy atom. The number of H-pyrrole nitrogens is 1. The van der Waals surface area contributed by atoms with Gasteiger partial charge in [0.15, 0.2) is 0 Å². The third kappa shape index (κ3) is 7.53. The molecule has 0 saturated heterocycles. The first-order valence-corrected chi connectivity index (χ1v) is 18.3. The Hall–Kier alpha value is -4.74. The van der Waals surface area contributed by atoms with Crippen molar-refractivity contribution in [2.24, 2.45) is 5.73 Å². The van der Waals surface area contributed by atoms with E-state index >= 15 is 0 Å². The third-order valence-electron chi connectivity index (χ3n) is 8.46. The lowest BCUT2D eigenvalue weighted by molar-refractivity contribution is -0.137. The number of hydrogen-bond acceptors (Lipinski definition) is 6. The summed E-state index contributed by atoms with van der Waals surface area (Å²) < 4.78 is 28.6. The highest BCUT2D eigenvalue weighted by Gasteiger charge is 2.43. The molecule has 3 amide bonds. The minimum absolute atomic E-state index is 0.00645. The average Bonchev–Trinajstić information content (AvgIpc) is 3.73. The van der Waals surface area contributed by atoms with E-state index in [-0.39, 0.29) is 25.0 Å². The number of sulfonamides is 1. The molecule has 48 heavy (non-hydrogen) atoms. The van der Waals surface area contributed by atoms with Crippen LogP contribution in [0.3, 0.4) is 0 Å².